The first kappa shape index (κ1) is 90.1. The molecule has 8 aromatic carbocycles. The Kier molecular flexibility index (Phi) is 29.2. The van der Waals surface area contributed by atoms with Crippen molar-refractivity contribution in [2.45, 2.75) is 138 Å². The lowest BCUT2D eigenvalue weighted by Crippen LogP contribution is -2.43. The number of hydrogen-bond acceptors (Lipinski definition) is 19. The van der Waals surface area contributed by atoms with Gasteiger partial charge >= 0.3 is 23.3 Å². The Bertz CT molecular complexity index is 6220. The molecule has 3 fully saturated rings. The molecule has 2 saturated heterocycles. The van der Waals surface area contributed by atoms with Crippen LogP contribution in [0, 0.1) is 37.1 Å². The molecule has 124 heavy (non-hydrogen) atoms. The van der Waals surface area contributed by atoms with Crippen LogP contribution in [0.4, 0.5) is 28.9 Å². The standard InChI is InChI=1S/C26H29N3O5.2C22H21F2N3O3S.C20H19N3O5/c1-17(30)27-22(25(32)34-20-8-4-3-5-9-20)16-18-12-14-19(15-13-18)29-24(31)21-10-6-7-11-23(21)28(2)26(29)33;2*1-14-10-20(24)21(11-19(14)23)27-31(28,29)18-4-2-15(3-5-18)17-12-25-22(26-13-17)16-6-8-30-9-7-16;1-12(24)21-16(19(26)27)11-13-7-9-14(10-8-13)23-18(25)15-5-3-4-6-17(15)22(2)20(23)28/h6-7,10-15,20,22H,3-5,8-9,16H2,1-2H3,(H,27,30);2*2-5,10-13,16,27H,6-9H2,1H3;3-10,16H,11H2,1-2H3,(H,21,24)(H,26,27)/t22-;;;16-/m0..0/s1. The third-order valence-electron chi connectivity index (χ3n) is 21.3. The number of halogens is 4. The minimum atomic E-state index is -4.09. The number of esters is 1. The van der Waals surface area contributed by atoms with E-state index in [1.54, 1.807) is 160 Å². The molecule has 1 aliphatic carbocycles. The summed E-state index contributed by atoms with van der Waals surface area (Å²) in [5.41, 5.74) is 3.90. The van der Waals surface area contributed by atoms with Crippen molar-refractivity contribution in [2.75, 3.05) is 35.9 Å². The number of carbonyl (C=O) groups is 4. The van der Waals surface area contributed by atoms with Gasteiger partial charge in [-0.25, -0.2) is 82.6 Å². The zero-order valence-electron chi connectivity index (χ0n) is 68.4. The van der Waals surface area contributed by atoms with Crippen LogP contribution >= 0.6 is 0 Å². The summed E-state index contributed by atoms with van der Waals surface area (Å²) in [4.78, 5) is 116. The topological polar surface area (TPSA) is 372 Å². The number of anilines is 2. The molecule has 6 heterocycles. The monoisotopic (exact) mass is 1730 g/mol. The highest BCUT2D eigenvalue weighted by Crippen LogP contribution is 2.32. The van der Waals surface area contributed by atoms with E-state index in [0.717, 1.165) is 131 Å². The van der Waals surface area contributed by atoms with E-state index in [1.807, 2.05) is 0 Å². The molecule has 1 saturated carbocycles. The molecule has 0 radical (unpaired) electrons. The summed E-state index contributed by atoms with van der Waals surface area (Å²) in [6, 6.07) is 40.8. The number of nitrogens with one attached hydrogen (secondary N) is 4. The van der Waals surface area contributed by atoms with Gasteiger partial charge < -0.3 is 30.0 Å². The van der Waals surface area contributed by atoms with Gasteiger partial charge in [-0.05, 0) is 184 Å². The molecule has 28 nitrogen and oxygen atoms in total. The SMILES string of the molecule is CC(=O)N[C@@H](Cc1ccc(-n2c(=O)c3ccccc3n(C)c2=O)cc1)C(=O)O.CC(=O)N[C@@H](Cc1ccc(-n2c(=O)c3ccccc3n(C)c2=O)cc1)C(=O)OC1CCCCC1.Cc1cc(F)c(NS(=O)(=O)c2ccc(-c3cnc(C4CCOCC4)nc3)cc2)cc1F.Cc1cc(F)c(NS(=O)(=O)c2ccc(-c3cnc(C4CCOCC4)nc3)cc2)cc1F. The number of ether oxygens (including phenoxy) is 3. The molecule has 0 spiro atoms. The minimum absolute atomic E-state index is 0.0728. The van der Waals surface area contributed by atoms with E-state index in [9.17, 15) is 77.9 Å². The van der Waals surface area contributed by atoms with Crippen molar-refractivity contribution in [3.05, 3.63) is 293 Å². The van der Waals surface area contributed by atoms with Gasteiger partial charge in [0.25, 0.3) is 31.2 Å². The summed E-state index contributed by atoms with van der Waals surface area (Å²) in [6.07, 6.45) is 15.6. The van der Waals surface area contributed by atoms with Gasteiger partial charge in [0.1, 0.15) is 53.1 Å². The highest BCUT2D eigenvalue weighted by atomic mass is 32.2. The number of carboxylic acids is 1. The van der Waals surface area contributed by atoms with E-state index in [-0.39, 0.29) is 57.6 Å². The first-order valence-corrected chi connectivity index (χ1v) is 42.8. The van der Waals surface area contributed by atoms with Gasteiger partial charge in [0.2, 0.25) is 11.8 Å². The van der Waals surface area contributed by atoms with E-state index in [1.165, 1.54) is 61.1 Å². The smallest absolute Gasteiger partial charge is 0.335 e. The Hall–Kier alpha value is -13.2. The predicted molar refractivity (Wildman–Crippen MR) is 457 cm³/mol. The van der Waals surface area contributed by atoms with E-state index < -0.39 is 107 Å². The van der Waals surface area contributed by atoms with Crippen LogP contribution in [0.5, 0.6) is 0 Å². The van der Waals surface area contributed by atoms with Gasteiger partial charge in [-0.2, -0.15) is 0 Å². The molecule has 5 N–H and O–H groups in total. The quantitative estimate of drug-likeness (QED) is 0.0329. The van der Waals surface area contributed by atoms with Gasteiger partial charge in [0.15, 0.2) is 0 Å². The van der Waals surface area contributed by atoms with Crippen LogP contribution in [0.25, 0.3) is 55.4 Å². The van der Waals surface area contributed by atoms with Crippen LogP contribution in [-0.2, 0) is 80.4 Å². The maximum atomic E-state index is 14.0. The number of carboxylic acid groups (broad SMARTS) is 1. The van der Waals surface area contributed by atoms with Crippen molar-refractivity contribution in [3.8, 4) is 33.6 Å². The summed E-state index contributed by atoms with van der Waals surface area (Å²) in [5.74, 6) is -3.28. The summed E-state index contributed by atoms with van der Waals surface area (Å²) in [5, 5.41) is 15.1. The molecule has 2 aliphatic heterocycles. The lowest BCUT2D eigenvalue weighted by atomic mass is 9.97. The molecule has 0 bridgehead atoms. The fraction of sp³-hybridized carbons (Fsp3) is 0.289. The van der Waals surface area contributed by atoms with Crippen LogP contribution in [0.15, 0.2) is 224 Å². The molecule has 2 amide bonds. The molecule has 4 aromatic heterocycles. The van der Waals surface area contributed by atoms with Gasteiger partial charge in [-0.1, -0.05) is 79.2 Å². The minimum Gasteiger partial charge on any atom is -0.480 e. The number of aliphatic carboxylic acids is 1. The number of benzene rings is 8. The predicted octanol–water partition coefficient (Wildman–Crippen LogP) is 12.3. The molecule has 34 heteroatoms. The van der Waals surface area contributed by atoms with Gasteiger partial charge in [0, 0.05) is 127 Å². The Morgan fingerprint density at radius 2 is 0.839 bits per heavy atom. The maximum Gasteiger partial charge on any atom is 0.335 e. The average Bonchev–Trinajstić information content (AvgIpc) is 0.765. The number of aromatic nitrogens is 8. The van der Waals surface area contributed by atoms with Crippen LogP contribution in [0.3, 0.4) is 0 Å². The number of nitrogens with zero attached hydrogens (tertiary/aromatic N) is 8. The lowest BCUT2D eigenvalue weighted by molar-refractivity contribution is -0.154. The Morgan fingerprint density at radius 1 is 0.476 bits per heavy atom. The summed E-state index contributed by atoms with van der Waals surface area (Å²) < 4.78 is 131. The number of amides is 2. The van der Waals surface area contributed by atoms with Gasteiger partial charge in [-0.15, -0.1) is 0 Å². The maximum absolute atomic E-state index is 14.0. The van der Waals surface area contributed by atoms with E-state index in [0.29, 0.717) is 65.2 Å². The molecule has 12 aromatic rings. The average molecular weight is 1740 g/mol. The van der Waals surface area contributed by atoms with E-state index >= 15 is 0 Å². The van der Waals surface area contributed by atoms with Gasteiger partial charge in [0.05, 0.1) is 54.3 Å². The van der Waals surface area contributed by atoms with Crippen molar-refractivity contribution < 1.29 is 72.9 Å². The first-order chi connectivity index (χ1) is 59.3. The summed E-state index contributed by atoms with van der Waals surface area (Å²) in [6.45, 7) is 8.24. The summed E-state index contributed by atoms with van der Waals surface area (Å²) in [7, 11) is -4.94. The number of carbonyl (C=O) groups excluding carboxylic acids is 3. The lowest BCUT2D eigenvalue weighted by Gasteiger charge is -2.25. The highest BCUT2D eigenvalue weighted by Gasteiger charge is 2.29. The molecule has 3 aliphatic rings. The number of hydrogen-bond donors (Lipinski definition) is 5. The molecular weight excluding hydrogens is 1650 g/mol. The Morgan fingerprint density at radius 3 is 1.21 bits per heavy atom. The molecule has 0 unspecified atom stereocenters. The molecule has 15 rings (SSSR count). The third-order valence-corrected chi connectivity index (χ3v) is 24.1. The second kappa shape index (κ2) is 40.2. The fourth-order valence-corrected chi connectivity index (χ4v) is 16.6. The van der Waals surface area contributed by atoms with Crippen LogP contribution in [0.1, 0.15) is 117 Å². The highest BCUT2D eigenvalue weighted by molar-refractivity contribution is 7.93. The second-order valence-corrected chi connectivity index (χ2v) is 33.5. The Balaban J connectivity index is 0.000000151. The summed E-state index contributed by atoms with van der Waals surface area (Å²) >= 11 is 0. The Labute approximate surface area is 710 Å². The zero-order valence-corrected chi connectivity index (χ0v) is 70.1. The number of sulfonamides is 2. The number of fused-ring (bicyclic) bond motifs is 2. The molecule has 2 atom stereocenters. The normalized spacial score (nSPS) is 14.4. The zero-order chi connectivity index (χ0) is 88.7. The molecule has 646 valence electrons. The van der Waals surface area contributed by atoms with Crippen molar-refractivity contribution >= 4 is 77.0 Å². The van der Waals surface area contributed by atoms with E-state index in [2.05, 4.69) is 40.0 Å². The fourth-order valence-electron chi connectivity index (χ4n) is 14.4. The van der Waals surface area contributed by atoms with Gasteiger partial charge in [-0.3, -0.25) is 37.8 Å². The number of aryl methyl sites for hydroxylation is 4. The van der Waals surface area contributed by atoms with Crippen molar-refractivity contribution in [2.24, 2.45) is 14.1 Å². The van der Waals surface area contributed by atoms with Crippen LogP contribution in [0.2, 0.25) is 0 Å². The third kappa shape index (κ3) is 22.2. The van der Waals surface area contributed by atoms with Crippen molar-refractivity contribution in [1.82, 2.24) is 48.8 Å². The first-order valence-electron chi connectivity index (χ1n) is 39.9. The van der Waals surface area contributed by atoms with Crippen molar-refractivity contribution in [3.63, 3.8) is 0 Å². The number of para-hydroxylation sites is 2. The molecular formula is C90H90F4N12O16S2. The second-order valence-electron chi connectivity index (χ2n) is 30.1. The van der Waals surface area contributed by atoms with Crippen molar-refractivity contribution in [1.29, 1.82) is 0 Å². The van der Waals surface area contributed by atoms with E-state index in [4.69, 9.17) is 14.2 Å². The van der Waals surface area contributed by atoms with Crippen LogP contribution in [-0.4, -0.2) is 129 Å². The largest absolute Gasteiger partial charge is 0.480 e. The van der Waals surface area contributed by atoms with Crippen LogP contribution < -0.4 is 42.6 Å². The number of rotatable bonds is 21.